The van der Waals surface area contributed by atoms with Crippen molar-refractivity contribution in [1.82, 2.24) is 0 Å². The molecule has 0 atom stereocenters. The van der Waals surface area contributed by atoms with Crippen LogP contribution in [0, 0.1) is 0 Å². The number of rotatable bonds is 8. The van der Waals surface area contributed by atoms with Gasteiger partial charge in [-0.15, -0.1) is 0 Å². The highest BCUT2D eigenvalue weighted by molar-refractivity contribution is 5.98. The first-order valence-electron chi connectivity index (χ1n) is 5.56. The molecule has 104 valence electrons. The molecule has 0 fully saturated rings. The second-order valence-corrected chi connectivity index (χ2v) is 3.47. The van der Waals surface area contributed by atoms with Gasteiger partial charge in [-0.3, -0.25) is 4.79 Å². The molecule has 0 bridgehead atoms. The van der Waals surface area contributed by atoms with Crippen molar-refractivity contribution in [1.29, 1.82) is 0 Å². The zero-order valence-electron chi connectivity index (χ0n) is 10.4. The van der Waals surface area contributed by atoms with Gasteiger partial charge in [0.1, 0.15) is 0 Å². The lowest BCUT2D eigenvalue weighted by atomic mass is 10.2. The van der Waals surface area contributed by atoms with Crippen LogP contribution in [0.5, 0.6) is 0 Å². The number of Topliss-reactive ketones (excluding diaryl/α,β-unsaturated/α-hetero) is 1. The molecule has 0 aromatic carbocycles. The maximum absolute atomic E-state index is 12.0. The summed E-state index contributed by atoms with van der Waals surface area (Å²) in [7, 11) is 0. The van der Waals surface area contributed by atoms with Crippen LogP contribution in [0.2, 0.25) is 0 Å². The first-order valence-corrected chi connectivity index (χ1v) is 5.56. The Kier molecular flexibility index (Phi) is 7.91. The number of allylic oxidation sites excluding steroid dienone is 2. The van der Waals surface area contributed by atoms with Crippen LogP contribution in [-0.4, -0.2) is 25.2 Å². The minimum Gasteiger partial charge on any atom is -0.502 e. The lowest BCUT2D eigenvalue weighted by Gasteiger charge is -2.05. The van der Waals surface area contributed by atoms with Crippen LogP contribution in [0.3, 0.4) is 0 Å². The highest BCUT2D eigenvalue weighted by Crippen LogP contribution is 2.20. The minimum atomic E-state index is -4.84. The van der Waals surface area contributed by atoms with Gasteiger partial charge >= 0.3 is 6.18 Å². The van der Waals surface area contributed by atoms with E-state index >= 15 is 0 Å². The first-order chi connectivity index (χ1) is 8.39. The zero-order chi connectivity index (χ0) is 14.0. The Morgan fingerprint density at radius 3 is 2.50 bits per heavy atom. The van der Waals surface area contributed by atoms with Gasteiger partial charge < -0.3 is 9.47 Å². The summed E-state index contributed by atoms with van der Waals surface area (Å²) in [6.07, 6.45) is 0.693. The standard InChI is InChI=1S/C12H17F3O3/c1-3-17-7-5-4-6-8-18-9-10(2)11(16)12(13,14)15/h5,7,9H,3-4,6,8H2,1-2H3/b7-5+,10-9+. The van der Waals surface area contributed by atoms with Crippen LogP contribution in [0.4, 0.5) is 13.2 Å². The third kappa shape index (κ3) is 7.76. The second kappa shape index (κ2) is 8.60. The predicted octanol–water partition coefficient (Wildman–Crippen LogP) is 3.37. The molecule has 6 heteroatoms. The summed E-state index contributed by atoms with van der Waals surface area (Å²) in [5.74, 6) is -1.88. The van der Waals surface area contributed by atoms with Crippen LogP contribution in [0.1, 0.15) is 26.7 Å². The van der Waals surface area contributed by atoms with Crippen LogP contribution in [0.25, 0.3) is 0 Å². The molecule has 0 aromatic rings. The number of unbranched alkanes of at least 4 members (excludes halogenated alkanes) is 1. The molecule has 0 aliphatic heterocycles. The average molecular weight is 266 g/mol. The van der Waals surface area contributed by atoms with E-state index in [1.54, 1.807) is 12.3 Å². The third-order valence-electron chi connectivity index (χ3n) is 1.87. The first kappa shape index (κ1) is 16.5. The fourth-order valence-electron chi connectivity index (χ4n) is 0.978. The van der Waals surface area contributed by atoms with Gasteiger partial charge in [-0.2, -0.15) is 13.2 Å². The molecule has 0 radical (unpaired) electrons. The Labute approximate surface area is 104 Å². The Morgan fingerprint density at radius 1 is 1.28 bits per heavy atom. The number of carbonyl (C=O) groups excluding carboxylic acids is 1. The average Bonchev–Trinajstić information content (AvgIpc) is 2.30. The number of hydrogen-bond acceptors (Lipinski definition) is 3. The van der Waals surface area contributed by atoms with Gasteiger partial charge in [-0.05, 0) is 32.8 Å². The largest absolute Gasteiger partial charge is 0.502 e. The molecular weight excluding hydrogens is 249 g/mol. The Hall–Kier alpha value is -1.46. The van der Waals surface area contributed by atoms with E-state index < -0.39 is 17.5 Å². The molecule has 3 nitrogen and oxygen atoms in total. The molecule has 0 rings (SSSR count). The summed E-state index contributed by atoms with van der Waals surface area (Å²) in [5, 5.41) is 0. The maximum Gasteiger partial charge on any atom is 0.454 e. The van der Waals surface area contributed by atoms with Crippen LogP contribution >= 0.6 is 0 Å². The molecule has 0 aliphatic carbocycles. The van der Waals surface area contributed by atoms with E-state index in [4.69, 9.17) is 9.47 Å². The van der Waals surface area contributed by atoms with E-state index in [1.807, 2.05) is 6.92 Å². The zero-order valence-corrected chi connectivity index (χ0v) is 10.4. The van der Waals surface area contributed by atoms with Crippen molar-refractivity contribution in [3.63, 3.8) is 0 Å². The van der Waals surface area contributed by atoms with Crippen molar-refractivity contribution in [2.75, 3.05) is 13.2 Å². The van der Waals surface area contributed by atoms with Crippen molar-refractivity contribution in [3.8, 4) is 0 Å². The summed E-state index contributed by atoms with van der Waals surface area (Å²) in [6, 6.07) is 0. The normalized spacial score (nSPS) is 12.8. The van der Waals surface area contributed by atoms with Gasteiger partial charge in [-0.25, -0.2) is 0 Å². The number of halogens is 3. The summed E-state index contributed by atoms with van der Waals surface area (Å²) in [6.45, 7) is 3.77. The van der Waals surface area contributed by atoms with Crippen LogP contribution < -0.4 is 0 Å². The van der Waals surface area contributed by atoms with Crippen molar-refractivity contribution in [2.45, 2.75) is 32.9 Å². The Bertz CT molecular complexity index is 306. The Morgan fingerprint density at radius 2 is 1.94 bits per heavy atom. The van der Waals surface area contributed by atoms with Gasteiger partial charge in [0.25, 0.3) is 5.78 Å². The van der Waals surface area contributed by atoms with Gasteiger partial charge in [0, 0.05) is 5.57 Å². The summed E-state index contributed by atoms with van der Waals surface area (Å²) >= 11 is 0. The molecule has 0 N–H and O–H groups in total. The van der Waals surface area contributed by atoms with E-state index in [9.17, 15) is 18.0 Å². The van der Waals surface area contributed by atoms with Gasteiger partial charge in [0.2, 0.25) is 0 Å². The fourth-order valence-corrected chi connectivity index (χ4v) is 0.978. The van der Waals surface area contributed by atoms with E-state index in [0.29, 0.717) is 19.4 Å². The smallest absolute Gasteiger partial charge is 0.454 e. The Balaban J connectivity index is 3.79. The summed E-state index contributed by atoms with van der Waals surface area (Å²) in [5.41, 5.74) is -0.452. The van der Waals surface area contributed by atoms with E-state index in [0.717, 1.165) is 13.2 Å². The SMILES string of the molecule is CCO/C=C/CCCO/C=C(\C)C(=O)C(F)(F)F. The van der Waals surface area contributed by atoms with Gasteiger partial charge in [0.15, 0.2) is 0 Å². The lowest BCUT2D eigenvalue weighted by Crippen LogP contribution is -2.23. The molecule has 0 spiro atoms. The van der Waals surface area contributed by atoms with Crippen molar-refractivity contribution in [2.24, 2.45) is 0 Å². The maximum atomic E-state index is 12.0. The van der Waals surface area contributed by atoms with E-state index in [2.05, 4.69) is 0 Å². The molecule has 0 aliphatic rings. The fraction of sp³-hybridized carbons (Fsp3) is 0.583. The molecule has 0 unspecified atom stereocenters. The van der Waals surface area contributed by atoms with Crippen molar-refractivity contribution < 1.29 is 27.4 Å². The minimum absolute atomic E-state index is 0.249. The second-order valence-electron chi connectivity index (χ2n) is 3.47. The molecular formula is C12H17F3O3. The van der Waals surface area contributed by atoms with E-state index in [-0.39, 0.29) is 6.61 Å². The molecule has 0 saturated heterocycles. The number of hydrogen-bond donors (Lipinski definition) is 0. The predicted molar refractivity (Wildman–Crippen MR) is 60.8 cm³/mol. The van der Waals surface area contributed by atoms with Gasteiger partial charge in [0.05, 0.1) is 25.7 Å². The van der Waals surface area contributed by atoms with Crippen LogP contribution in [0.15, 0.2) is 24.2 Å². The summed E-state index contributed by atoms with van der Waals surface area (Å²) in [4.78, 5) is 10.7. The number of ketones is 1. The quantitative estimate of drug-likeness (QED) is 0.384. The summed E-state index contributed by atoms with van der Waals surface area (Å²) < 4.78 is 45.7. The number of ether oxygens (including phenoxy) is 2. The molecule has 0 amide bonds. The van der Waals surface area contributed by atoms with E-state index in [1.165, 1.54) is 0 Å². The molecule has 0 heterocycles. The van der Waals surface area contributed by atoms with Gasteiger partial charge in [-0.1, -0.05) is 0 Å². The van der Waals surface area contributed by atoms with Crippen LogP contribution in [-0.2, 0) is 14.3 Å². The monoisotopic (exact) mass is 266 g/mol. The van der Waals surface area contributed by atoms with Crippen molar-refractivity contribution >= 4 is 5.78 Å². The molecule has 0 saturated carbocycles. The van der Waals surface area contributed by atoms with Crippen molar-refractivity contribution in [3.05, 3.63) is 24.2 Å². The topological polar surface area (TPSA) is 35.5 Å². The molecule has 18 heavy (non-hydrogen) atoms. The highest BCUT2D eigenvalue weighted by Gasteiger charge is 2.39. The molecule has 0 aromatic heterocycles. The highest BCUT2D eigenvalue weighted by atomic mass is 19.4. The lowest BCUT2D eigenvalue weighted by molar-refractivity contribution is -0.166. The number of carbonyl (C=O) groups is 1. The number of alkyl halides is 3. The third-order valence-corrected chi connectivity index (χ3v) is 1.87.